The van der Waals surface area contributed by atoms with E-state index in [1.54, 1.807) is 0 Å². The molecule has 1 heterocycles. The number of hydrogen-bond acceptors (Lipinski definition) is 2. The average molecular weight is 227 g/mol. The second-order valence-corrected chi connectivity index (χ2v) is 5.26. The van der Waals surface area contributed by atoms with Crippen LogP contribution in [-0.4, -0.2) is 24.3 Å². The van der Waals surface area contributed by atoms with E-state index in [1.165, 1.54) is 38.5 Å². The van der Waals surface area contributed by atoms with Gasteiger partial charge >= 0.3 is 0 Å². The molecule has 1 fully saturated rings. The number of ether oxygens (including phenoxy) is 1. The summed E-state index contributed by atoms with van der Waals surface area (Å²) in [6.45, 7) is 10.1. The lowest BCUT2D eigenvalue weighted by molar-refractivity contribution is 0.0904. The van der Waals surface area contributed by atoms with E-state index < -0.39 is 0 Å². The first-order valence-electron chi connectivity index (χ1n) is 7.05. The van der Waals surface area contributed by atoms with Crippen molar-refractivity contribution in [1.29, 1.82) is 0 Å². The van der Waals surface area contributed by atoms with Crippen molar-refractivity contribution in [2.75, 3.05) is 6.61 Å². The summed E-state index contributed by atoms with van der Waals surface area (Å²) in [4.78, 5) is 0. The van der Waals surface area contributed by atoms with Crippen LogP contribution in [0.4, 0.5) is 0 Å². The maximum atomic E-state index is 5.70. The monoisotopic (exact) mass is 227 g/mol. The molecule has 16 heavy (non-hydrogen) atoms. The SMILES string of the molecule is CCC(CC)(CC)NC(C)CC1CCCO1. The topological polar surface area (TPSA) is 21.3 Å². The minimum absolute atomic E-state index is 0.345. The van der Waals surface area contributed by atoms with Gasteiger partial charge in [0.2, 0.25) is 0 Å². The van der Waals surface area contributed by atoms with Crippen molar-refractivity contribution < 1.29 is 4.74 Å². The predicted molar refractivity (Wildman–Crippen MR) is 69.8 cm³/mol. The third kappa shape index (κ3) is 3.74. The summed E-state index contributed by atoms with van der Waals surface area (Å²) in [6.07, 6.45) is 7.83. The largest absolute Gasteiger partial charge is 0.378 e. The van der Waals surface area contributed by atoms with Crippen molar-refractivity contribution in [3.63, 3.8) is 0 Å². The molecular weight excluding hydrogens is 198 g/mol. The quantitative estimate of drug-likeness (QED) is 0.718. The van der Waals surface area contributed by atoms with Crippen molar-refractivity contribution in [3.8, 4) is 0 Å². The maximum Gasteiger partial charge on any atom is 0.0590 e. The van der Waals surface area contributed by atoms with Gasteiger partial charge < -0.3 is 10.1 Å². The van der Waals surface area contributed by atoms with Gasteiger partial charge in [-0.15, -0.1) is 0 Å². The third-order valence-corrected chi connectivity index (χ3v) is 4.22. The molecule has 0 bridgehead atoms. The van der Waals surface area contributed by atoms with Gasteiger partial charge in [-0.3, -0.25) is 0 Å². The smallest absolute Gasteiger partial charge is 0.0590 e. The normalized spacial score (nSPS) is 23.6. The molecule has 2 nitrogen and oxygen atoms in total. The van der Waals surface area contributed by atoms with Gasteiger partial charge in [-0.05, 0) is 45.4 Å². The first kappa shape index (κ1) is 14.0. The molecule has 2 atom stereocenters. The van der Waals surface area contributed by atoms with Gasteiger partial charge in [0.05, 0.1) is 6.10 Å². The highest BCUT2D eigenvalue weighted by molar-refractivity contribution is 4.87. The van der Waals surface area contributed by atoms with Gasteiger partial charge in [0.1, 0.15) is 0 Å². The summed E-state index contributed by atoms with van der Waals surface area (Å²) in [5, 5.41) is 3.83. The summed E-state index contributed by atoms with van der Waals surface area (Å²) in [5.41, 5.74) is 0.345. The Balaban J connectivity index is 2.38. The van der Waals surface area contributed by atoms with E-state index >= 15 is 0 Å². The molecule has 1 N–H and O–H groups in total. The zero-order valence-corrected chi connectivity index (χ0v) is 11.5. The Kier molecular flexibility index (Phi) is 5.77. The second kappa shape index (κ2) is 6.61. The summed E-state index contributed by atoms with van der Waals surface area (Å²) in [7, 11) is 0. The predicted octanol–water partition coefficient (Wildman–Crippen LogP) is 3.50. The van der Waals surface area contributed by atoms with Crippen LogP contribution in [0.5, 0.6) is 0 Å². The summed E-state index contributed by atoms with van der Waals surface area (Å²) < 4.78 is 5.70. The van der Waals surface area contributed by atoms with Crippen LogP contribution in [-0.2, 0) is 4.74 Å². The van der Waals surface area contributed by atoms with Crippen LogP contribution in [0.25, 0.3) is 0 Å². The highest BCUT2D eigenvalue weighted by atomic mass is 16.5. The molecule has 2 unspecified atom stereocenters. The average Bonchev–Trinajstić information content (AvgIpc) is 2.79. The molecule has 0 aromatic heterocycles. The van der Waals surface area contributed by atoms with Crippen LogP contribution in [0.2, 0.25) is 0 Å². The van der Waals surface area contributed by atoms with E-state index in [0.717, 1.165) is 6.61 Å². The molecule has 0 radical (unpaired) electrons. The Morgan fingerprint density at radius 1 is 1.25 bits per heavy atom. The standard InChI is InChI=1S/C14H29NO/c1-5-14(6-2,7-3)15-12(4)11-13-9-8-10-16-13/h12-13,15H,5-11H2,1-4H3. The molecule has 1 aliphatic heterocycles. The Labute approximate surface area is 101 Å². The van der Waals surface area contributed by atoms with E-state index in [0.29, 0.717) is 17.7 Å². The molecule has 1 aliphatic rings. The minimum atomic E-state index is 0.345. The fourth-order valence-corrected chi connectivity index (χ4v) is 2.86. The van der Waals surface area contributed by atoms with E-state index in [2.05, 4.69) is 33.0 Å². The first-order valence-corrected chi connectivity index (χ1v) is 7.05. The molecule has 0 saturated carbocycles. The molecule has 0 aromatic carbocycles. The van der Waals surface area contributed by atoms with E-state index in [4.69, 9.17) is 4.74 Å². The van der Waals surface area contributed by atoms with Crippen molar-refractivity contribution in [1.82, 2.24) is 5.32 Å². The number of hydrogen-bond donors (Lipinski definition) is 1. The van der Waals surface area contributed by atoms with Crippen LogP contribution >= 0.6 is 0 Å². The van der Waals surface area contributed by atoms with Crippen molar-refractivity contribution in [2.24, 2.45) is 0 Å². The Morgan fingerprint density at radius 3 is 2.31 bits per heavy atom. The fourth-order valence-electron chi connectivity index (χ4n) is 2.86. The van der Waals surface area contributed by atoms with Gasteiger partial charge in [-0.25, -0.2) is 0 Å². The minimum Gasteiger partial charge on any atom is -0.378 e. The Bertz CT molecular complexity index is 175. The number of nitrogens with one attached hydrogen (secondary N) is 1. The van der Waals surface area contributed by atoms with Gasteiger partial charge in [0, 0.05) is 18.2 Å². The summed E-state index contributed by atoms with van der Waals surface area (Å²) in [5.74, 6) is 0. The van der Waals surface area contributed by atoms with Crippen molar-refractivity contribution >= 4 is 0 Å². The van der Waals surface area contributed by atoms with Gasteiger partial charge in [0.25, 0.3) is 0 Å². The van der Waals surface area contributed by atoms with E-state index in [1.807, 2.05) is 0 Å². The molecule has 0 aromatic rings. The summed E-state index contributed by atoms with van der Waals surface area (Å²) in [6, 6.07) is 0.572. The van der Waals surface area contributed by atoms with E-state index in [9.17, 15) is 0 Å². The zero-order chi connectivity index (χ0) is 12.0. The van der Waals surface area contributed by atoms with Crippen LogP contribution in [0.1, 0.15) is 66.2 Å². The first-order chi connectivity index (χ1) is 7.65. The van der Waals surface area contributed by atoms with Crippen molar-refractivity contribution in [3.05, 3.63) is 0 Å². The molecule has 0 spiro atoms. The lowest BCUT2D eigenvalue weighted by Gasteiger charge is -2.36. The highest BCUT2D eigenvalue weighted by Crippen LogP contribution is 2.23. The molecule has 0 amide bonds. The second-order valence-electron chi connectivity index (χ2n) is 5.26. The zero-order valence-electron chi connectivity index (χ0n) is 11.5. The molecule has 2 heteroatoms. The molecule has 1 saturated heterocycles. The van der Waals surface area contributed by atoms with Gasteiger partial charge in [0.15, 0.2) is 0 Å². The van der Waals surface area contributed by atoms with Crippen LogP contribution in [0.15, 0.2) is 0 Å². The molecule has 1 rings (SSSR count). The Hall–Kier alpha value is -0.0800. The van der Waals surface area contributed by atoms with Gasteiger partial charge in [-0.1, -0.05) is 20.8 Å². The van der Waals surface area contributed by atoms with Crippen LogP contribution in [0.3, 0.4) is 0 Å². The van der Waals surface area contributed by atoms with Gasteiger partial charge in [-0.2, -0.15) is 0 Å². The van der Waals surface area contributed by atoms with E-state index in [-0.39, 0.29) is 0 Å². The molecular formula is C14H29NO. The van der Waals surface area contributed by atoms with Crippen molar-refractivity contribution in [2.45, 2.75) is 83.9 Å². The number of rotatable bonds is 7. The fraction of sp³-hybridized carbons (Fsp3) is 1.00. The lowest BCUT2D eigenvalue weighted by atomic mass is 9.88. The molecule has 0 aliphatic carbocycles. The molecule has 96 valence electrons. The summed E-state index contributed by atoms with van der Waals surface area (Å²) >= 11 is 0. The highest BCUT2D eigenvalue weighted by Gasteiger charge is 2.27. The maximum absolute atomic E-state index is 5.70. The lowest BCUT2D eigenvalue weighted by Crippen LogP contribution is -2.49. The van der Waals surface area contributed by atoms with Crippen LogP contribution in [0, 0.1) is 0 Å². The Morgan fingerprint density at radius 2 is 1.88 bits per heavy atom. The third-order valence-electron chi connectivity index (χ3n) is 4.22. The van der Waals surface area contributed by atoms with Crippen LogP contribution < -0.4 is 5.32 Å².